The van der Waals surface area contributed by atoms with E-state index >= 15 is 0 Å². The third-order valence-corrected chi connectivity index (χ3v) is 4.73. The smallest absolute Gasteiger partial charge is 0.227 e. The zero-order valence-corrected chi connectivity index (χ0v) is 12.9. The van der Waals surface area contributed by atoms with E-state index in [1.807, 2.05) is 43.0 Å². The minimum atomic E-state index is -0.542. The number of hydrogen-bond acceptors (Lipinski definition) is 2. The van der Waals surface area contributed by atoms with Crippen molar-refractivity contribution in [1.29, 1.82) is 0 Å². The largest absolute Gasteiger partial charge is 0.369 e. The summed E-state index contributed by atoms with van der Waals surface area (Å²) < 4.78 is 0. The first-order chi connectivity index (χ1) is 9.98. The van der Waals surface area contributed by atoms with E-state index in [0.717, 1.165) is 30.5 Å². The summed E-state index contributed by atoms with van der Waals surface area (Å²) in [5.41, 5.74) is 7.21. The molecule has 1 aliphatic heterocycles. The highest BCUT2D eigenvalue weighted by Gasteiger charge is 2.40. The topological polar surface area (TPSA) is 63.4 Å². The van der Waals surface area contributed by atoms with Gasteiger partial charge in [0.15, 0.2) is 0 Å². The molecule has 0 spiro atoms. The number of carbonyl (C=O) groups is 2. The summed E-state index contributed by atoms with van der Waals surface area (Å²) in [4.78, 5) is 26.1. The van der Waals surface area contributed by atoms with Crippen LogP contribution in [0.15, 0.2) is 24.3 Å². The van der Waals surface area contributed by atoms with Gasteiger partial charge in [-0.15, -0.1) is 0 Å². The second kappa shape index (κ2) is 6.29. The number of carbonyl (C=O) groups excluding carboxylic acids is 2. The van der Waals surface area contributed by atoms with E-state index in [9.17, 15) is 9.59 Å². The van der Waals surface area contributed by atoms with Gasteiger partial charge >= 0.3 is 0 Å². The van der Waals surface area contributed by atoms with Crippen LogP contribution in [0, 0.1) is 12.3 Å². The maximum atomic E-state index is 12.5. The van der Waals surface area contributed by atoms with Crippen molar-refractivity contribution in [2.24, 2.45) is 11.1 Å². The van der Waals surface area contributed by atoms with Crippen LogP contribution in [-0.4, -0.2) is 29.8 Å². The van der Waals surface area contributed by atoms with E-state index in [1.165, 1.54) is 0 Å². The minimum absolute atomic E-state index is 0.0862. The monoisotopic (exact) mass is 288 g/mol. The van der Waals surface area contributed by atoms with Crippen LogP contribution in [0.2, 0.25) is 0 Å². The molecular weight excluding hydrogens is 264 g/mol. The van der Waals surface area contributed by atoms with E-state index in [2.05, 4.69) is 0 Å². The summed E-state index contributed by atoms with van der Waals surface area (Å²) in [7, 11) is 0. The SMILES string of the molecule is CCC1(C(N)=O)CCCN(C(=O)Cc2ccccc2C)C1. The molecule has 1 aromatic carbocycles. The van der Waals surface area contributed by atoms with Gasteiger partial charge in [0.1, 0.15) is 0 Å². The molecule has 114 valence electrons. The normalized spacial score (nSPS) is 22.1. The lowest BCUT2D eigenvalue weighted by molar-refractivity contribution is -0.139. The Morgan fingerprint density at radius 2 is 2.05 bits per heavy atom. The second-order valence-corrected chi connectivity index (χ2v) is 6.02. The molecule has 1 saturated heterocycles. The van der Waals surface area contributed by atoms with Gasteiger partial charge < -0.3 is 10.6 Å². The van der Waals surface area contributed by atoms with Crippen molar-refractivity contribution in [2.75, 3.05) is 13.1 Å². The second-order valence-electron chi connectivity index (χ2n) is 6.02. The van der Waals surface area contributed by atoms with Gasteiger partial charge in [-0.25, -0.2) is 0 Å². The summed E-state index contributed by atoms with van der Waals surface area (Å²) in [6.45, 7) is 5.17. The van der Waals surface area contributed by atoms with Gasteiger partial charge in [-0.2, -0.15) is 0 Å². The zero-order valence-electron chi connectivity index (χ0n) is 12.9. The molecule has 1 aliphatic rings. The van der Waals surface area contributed by atoms with Crippen LogP contribution < -0.4 is 5.73 Å². The number of likely N-dealkylation sites (tertiary alicyclic amines) is 1. The quantitative estimate of drug-likeness (QED) is 0.921. The highest BCUT2D eigenvalue weighted by molar-refractivity contribution is 5.84. The standard InChI is InChI=1S/C17H24N2O2/c1-3-17(16(18)21)9-6-10-19(12-17)15(20)11-14-8-5-4-7-13(14)2/h4-5,7-8H,3,6,9-12H2,1-2H3,(H2,18,21). The van der Waals surface area contributed by atoms with Crippen LogP contribution in [0.4, 0.5) is 0 Å². The molecule has 1 heterocycles. The molecule has 21 heavy (non-hydrogen) atoms. The lowest BCUT2D eigenvalue weighted by atomic mass is 9.77. The van der Waals surface area contributed by atoms with Crippen LogP contribution >= 0.6 is 0 Å². The molecule has 2 amide bonds. The Morgan fingerprint density at radius 1 is 1.33 bits per heavy atom. The average molecular weight is 288 g/mol. The van der Waals surface area contributed by atoms with Gasteiger partial charge in [-0.05, 0) is 37.3 Å². The van der Waals surface area contributed by atoms with Gasteiger partial charge in [0.25, 0.3) is 0 Å². The number of rotatable bonds is 4. The molecular formula is C17H24N2O2. The van der Waals surface area contributed by atoms with Crippen molar-refractivity contribution in [3.8, 4) is 0 Å². The molecule has 4 nitrogen and oxygen atoms in total. The maximum absolute atomic E-state index is 12.5. The van der Waals surface area contributed by atoms with Gasteiger partial charge in [0.2, 0.25) is 11.8 Å². The number of nitrogens with two attached hydrogens (primary N) is 1. The minimum Gasteiger partial charge on any atom is -0.369 e. The van der Waals surface area contributed by atoms with E-state index in [-0.39, 0.29) is 11.8 Å². The Morgan fingerprint density at radius 3 is 2.67 bits per heavy atom. The van der Waals surface area contributed by atoms with Crippen molar-refractivity contribution < 1.29 is 9.59 Å². The Bertz CT molecular complexity index is 541. The Balaban J connectivity index is 2.09. The van der Waals surface area contributed by atoms with Gasteiger partial charge in [-0.3, -0.25) is 9.59 Å². The number of piperidine rings is 1. The van der Waals surface area contributed by atoms with Crippen molar-refractivity contribution in [2.45, 2.75) is 39.5 Å². The van der Waals surface area contributed by atoms with Gasteiger partial charge in [-0.1, -0.05) is 31.2 Å². The van der Waals surface area contributed by atoms with E-state index in [1.54, 1.807) is 0 Å². The molecule has 1 atom stereocenters. The van der Waals surface area contributed by atoms with Crippen molar-refractivity contribution >= 4 is 11.8 Å². The van der Waals surface area contributed by atoms with Gasteiger partial charge in [0, 0.05) is 13.1 Å². The summed E-state index contributed by atoms with van der Waals surface area (Å²) in [6.07, 6.45) is 2.71. The summed E-state index contributed by atoms with van der Waals surface area (Å²) >= 11 is 0. The van der Waals surface area contributed by atoms with Crippen molar-refractivity contribution in [3.05, 3.63) is 35.4 Å². The number of amides is 2. The number of benzene rings is 1. The molecule has 1 unspecified atom stereocenters. The lowest BCUT2D eigenvalue weighted by Crippen LogP contribution is -2.52. The molecule has 0 saturated carbocycles. The third kappa shape index (κ3) is 3.26. The van der Waals surface area contributed by atoms with Gasteiger partial charge in [0.05, 0.1) is 11.8 Å². The van der Waals surface area contributed by atoms with Crippen LogP contribution in [0.25, 0.3) is 0 Å². The number of aryl methyl sites for hydroxylation is 1. The molecule has 4 heteroatoms. The van der Waals surface area contributed by atoms with Crippen LogP contribution in [0.1, 0.15) is 37.3 Å². The summed E-state index contributed by atoms with van der Waals surface area (Å²) in [6, 6.07) is 7.92. The summed E-state index contributed by atoms with van der Waals surface area (Å²) in [5, 5.41) is 0. The van der Waals surface area contributed by atoms with E-state index in [0.29, 0.717) is 19.4 Å². The number of primary amides is 1. The molecule has 2 rings (SSSR count). The fraction of sp³-hybridized carbons (Fsp3) is 0.529. The number of nitrogens with zero attached hydrogens (tertiary/aromatic N) is 1. The van der Waals surface area contributed by atoms with E-state index in [4.69, 9.17) is 5.73 Å². The van der Waals surface area contributed by atoms with Crippen molar-refractivity contribution in [3.63, 3.8) is 0 Å². The highest BCUT2D eigenvalue weighted by atomic mass is 16.2. The molecule has 0 aromatic heterocycles. The highest BCUT2D eigenvalue weighted by Crippen LogP contribution is 2.33. The fourth-order valence-electron chi connectivity index (χ4n) is 3.09. The predicted octanol–water partition coefficient (Wildman–Crippen LogP) is 2.04. The molecule has 0 radical (unpaired) electrons. The average Bonchev–Trinajstić information content (AvgIpc) is 2.49. The molecule has 1 aromatic rings. The van der Waals surface area contributed by atoms with Crippen LogP contribution in [-0.2, 0) is 16.0 Å². The lowest BCUT2D eigenvalue weighted by Gasteiger charge is -2.40. The van der Waals surface area contributed by atoms with E-state index < -0.39 is 5.41 Å². The van der Waals surface area contributed by atoms with Crippen LogP contribution in [0.3, 0.4) is 0 Å². The molecule has 2 N–H and O–H groups in total. The first-order valence-corrected chi connectivity index (χ1v) is 7.61. The Kier molecular flexibility index (Phi) is 4.66. The predicted molar refractivity (Wildman–Crippen MR) is 82.6 cm³/mol. The van der Waals surface area contributed by atoms with Crippen LogP contribution in [0.5, 0.6) is 0 Å². The molecule has 1 fully saturated rings. The van der Waals surface area contributed by atoms with Crippen molar-refractivity contribution in [1.82, 2.24) is 4.90 Å². The zero-order chi connectivity index (χ0) is 15.5. The maximum Gasteiger partial charge on any atom is 0.227 e. The first kappa shape index (κ1) is 15.5. The molecule has 0 aliphatic carbocycles. The summed E-state index contributed by atoms with van der Waals surface area (Å²) in [5.74, 6) is -0.193. The molecule has 0 bridgehead atoms. The Hall–Kier alpha value is -1.84. The fourth-order valence-corrected chi connectivity index (χ4v) is 3.09. The Labute approximate surface area is 126 Å². The third-order valence-electron chi connectivity index (χ3n) is 4.73. The first-order valence-electron chi connectivity index (χ1n) is 7.61. The number of hydrogen-bond donors (Lipinski definition) is 1.